The molecule has 1 atom stereocenters. The molecule has 7 nitrogen and oxygen atoms in total. The molecule has 27 heavy (non-hydrogen) atoms. The van der Waals surface area contributed by atoms with E-state index in [0.717, 1.165) is 36.2 Å². The molecule has 3 heterocycles. The zero-order valence-corrected chi connectivity index (χ0v) is 15.3. The van der Waals surface area contributed by atoms with E-state index in [9.17, 15) is 4.79 Å². The monoisotopic (exact) mass is 364 g/mol. The topological polar surface area (TPSA) is 89.9 Å². The lowest BCUT2D eigenvalue weighted by Crippen LogP contribution is -2.28. The lowest BCUT2D eigenvalue weighted by molar-refractivity contribution is -0.130. The number of nitrogens with zero attached hydrogens (tertiary/aromatic N) is 5. The highest BCUT2D eigenvalue weighted by molar-refractivity contribution is 5.78. The van der Waals surface area contributed by atoms with Gasteiger partial charge in [0.2, 0.25) is 5.91 Å². The molecule has 140 valence electrons. The van der Waals surface area contributed by atoms with Crippen molar-refractivity contribution in [1.29, 1.82) is 0 Å². The van der Waals surface area contributed by atoms with Gasteiger partial charge in [-0.15, -0.1) is 0 Å². The lowest BCUT2D eigenvalue weighted by Gasteiger charge is -2.16. The number of rotatable bonds is 6. The van der Waals surface area contributed by atoms with Crippen molar-refractivity contribution in [1.82, 2.24) is 24.6 Å². The second kappa shape index (κ2) is 7.84. The van der Waals surface area contributed by atoms with Crippen molar-refractivity contribution >= 4 is 17.1 Å². The van der Waals surface area contributed by atoms with Crippen LogP contribution in [0.2, 0.25) is 0 Å². The third kappa shape index (κ3) is 3.68. The summed E-state index contributed by atoms with van der Waals surface area (Å²) in [6.45, 7) is 2.58. The van der Waals surface area contributed by atoms with Gasteiger partial charge in [0, 0.05) is 44.4 Å². The fourth-order valence-electron chi connectivity index (χ4n) is 3.74. The van der Waals surface area contributed by atoms with Gasteiger partial charge in [-0.1, -0.05) is 30.3 Å². The summed E-state index contributed by atoms with van der Waals surface area (Å²) in [5.41, 5.74) is 9.43. The Bertz CT molecular complexity index is 923. The first-order valence-electron chi connectivity index (χ1n) is 9.45. The van der Waals surface area contributed by atoms with E-state index in [0.29, 0.717) is 26.1 Å². The van der Waals surface area contributed by atoms with Gasteiger partial charge in [-0.25, -0.2) is 14.6 Å². The largest absolute Gasteiger partial charge is 0.342 e. The number of hydrogen-bond donors (Lipinski definition) is 1. The molecule has 3 aromatic rings. The summed E-state index contributed by atoms with van der Waals surface area (Å²) in [5, 5.41) is 4.72. The standard InChI is InChI=1S/C20H24N6O/c21-9-13-26-20-19(22-10-11-23-20)18(24-26)16-8-12-25(14-16)17(27)7-6-15-4-2-1-3-5-15/h1-5,10-11,16H,6-9,12-14,21H2. The number of fused-ring (bicyclic) bond motifs is 1. The van der Waals surface area contributed by atoms with Crippen molar-refractivity contribution in [2.24, 2.45) is 5.73 Å². The maximum atomic E-state index is 12.6. The molecule has 1 saturated heterocycles. The molecule has 1 amide bonds. The van der Waals surface area contributed by atoms with Crippen molar-refractivity contribution < 1.29 is 4.79 Å². The maximum absolute atomic E-state index is 12.6. The van der Waals surface area contributed by atoms with Gasteiger partial charge >= 0.3 is 0 Å². The average molecular weight is 364 g/mol. The predicted molar refractivity (Wildman–Crippen MR) is 103 cm³/mol. The highest BCUT2D eigenvalue weighted by atomic mass is 16.2. The highest BCUT2D eigenvalue weighted by Crippen LogP contribution is 2.30. The van der Waals surface area contributed by atoms with Gasteiger partial charge in [0.1, 0.15) is 5.52 Å². The van der Waals surface area contributed by atoms with Crippen LogP contribution >= 0.6 is 0 Å². The second-order valence-electron chi connectivity index (χ2n) is 6.94. The molecule has 1 aliphatic heterocycles. The Kier molecular flexibility index (Phi) is 5.11. The first-order chi connectivity index (χ1) is 13.3. The van der Waals surface area contributed by atoms with Gasteiger partial charge in [0.05, 0.1) is 12.2 Å². The SMILES string of the molecule is NCCn1nc(C2CCN(C(=O)CCc3ccccc3)C2)c2nccnc21. The van der Waals surface area contributed by atoms with Gasteiger partial charge in [-0.2, -0.15) is 5.10 Å². The van der Waals surface area contributed by atoms with Gasteiger partial charge in [-0.3, -0.25) is 4.79 Å². The van der Waals surface area contributed by atoms with Crippen molar-refractivity contribution in [3.63, 3.8) is 0 Å². The third-order valence-corrected chi connectivity index (χ3v) is 5.13. The summed E-state index contributed by atoms with van der Waals surface area (Å²) in [5.74, 6) is 0.405. The molecule has 4 rings (SSSR count). The van der Waals surface area contributed by atoms with Crippen molar-refractivity contribution in [3.8, 4) is 0 Å². The van der Waals surface area contributed by atoms with Gasteiger partial charge < -0.3 is 10.6 Å². The van der Waals surface area contributed by atoms with E-state index < -0.39 is 0 Å². The van der Waals surface area contributed by atoms with Crippen LogP contribution in [0, 0.1) is 0 Å². The smallest absolute Gasteiger partial charge is 0.222 e. The first kappa shape index (κ1) is 17.6. The van der Waals surface area contributed by atoms with Gasteiger partial charge in [0.15, 0.2) is 5.65 Å². The summed E-state index contributed by atoms with van der Waals surface area (Å²) in [7, 11) is 0. The molecule has 1 unspecified atom stereocenters. The van der Waals surface area contributed by atoms with E-state index in [-0.39, 0.29) is 11.8 Å². The molecule has 0 aliphatic carbocycles. The second-order valence-corrected chi connectivity index (χ2v) is 6.94. The summed E-state index contributed by atoms with van der Waals surface area (Å²) in [4.78, 5) is 23.5. The van der Waals surface area contributed by atoms with Crippen molar-refractivity contribution in [2.45, 2.75) is 31.7 Å². The van der Waals surface area contributed by atoms with Crippen LogP contribution in [0.15, 0.2) is 42.7 Å². The van der Waals surface area contributed by atoms with E-state index in [1.54, 1.807) is 12.4 Å². The predicted octanol–water partition coefficient (Wildman–Crippen LogP) is 1.73. The zero-order chi connectivity index (χ0) is 18.6. The summed E-state index contributed by atoms with van der Waals surface area (Å²) < 4.78 is 1.83. The van der Waals surface area contributed by atoms with E-state index in [2.05, 4.69) is 22.1 Å². The number of carbonyl (C=O) groups excluding carboxylic acids is 1. The molecular weight excluding hydrogens is 340 g/mol. The van der Waals surface area contributed by atoms with Crippen LogP contribution in [0.5, 0.6) is 0 Å². The maximum Gasteiger partial charge on any atom is 0.222 e. The van der Waals surface area contributed by atoms with Crippen LogP contribution in [0.4, 0.5) is 0 Å². The number of aryl methyl sites for hydroxylation is 1. The average Bonchev–Trinajstić information content (AvgIpc) is 3.33. The summed E-state index contributed by atoms with van der Waals surface area (Å²) in [6, 6.07) is 10.1. The zero-order valence-electron chi connectivity index (χ0n) is 15.3. The van der Waals surface area contributed by atoms with Crippen molar-refractivity contribution in [2.75, 3.05) is 19.6 Å². The Morgan fingerprint density at radius 3 is 2.81 bits per heavy atom. The summed E-state index contributed by atoms with van der Waals surface area (Å²) in [6.07, 6.45) is 5.59. The number of amides is 1. The molecule has 1 aromatic carbocycles. The third-order valence-electron chi connectivity index (χ3n) is 5.13. The molecule has 1 aliphatic rings. The number of hydrogen-bond acceptors (Lipinski definition) is 5. The fraction of sp³-hybridized carbons (Fsp3) is 0.400. The Labute approximate surface area is 158 Å². The quantitative estimate of drug-likeness (QED) is 0.719. The lowest BCUT2D eigenvalue weighted by atomic mass is 10.0. The normalized spacial score (nSPS) is 16.9. The minimum atomic E-state index is 0.198. The molecule has 1 fully saturated rings. The van der Waals surface area contributed by atoms with Crippen LogP contribution in [0.3, 0.4) is 0 Å². The number of nitrogens with two attached hydrogens (primary N) is 1. The summed E-state index contributed by atoms with van der Waals surface area (Å²) >= 11 is 0. The number of aromatic nitrogens is 4. The minimum Gasteiger partial charge on any atom is -0.342 e. The molecule has 0 saturated carbocycles. The van der Waals surface area contributed by atoms with Crippen molar-refractivity contribution in [3.05, 3.63) is 54.0 Å². The number of benzene rings is 1. The number of likely N-dealkylation sites (tertiary alicyclic amines) is 1. The molecule has 0 radical (unpaired) electrons. The molecule has 7 heteroatoms. The number of carbonyl (C=O) groups is 1. The molecule has 0 spiro atoms. The Morgan fingerprint density at radius 1 is 1.19 bits per heavy atom. The van der Waals surface area contributed by atoms with E-state index in [1.807, 2.05) is 27.8 Å². The van der Waals surface area contributed by atoms with E-state index in [4.69, 9.17) is 10.8 Å². The van der Waals surface area contributed by atoms with Crippen LogP contribution in [-0.2, 0) is 17.8 Å². The Balaban J connectivity index is 1.45. The van der Waals surface area contributed by atoms with E-state index >= 15 is 0 Å². The minimum absolute atomic E-state index is 0.198. The Hall–Kier alpha value is -2.80. The Morgan fingerprint density at radius 2 is 2.00 bits per heavy atom. The van der Waals surface area contributed by atoms with Crippen LogP contribution in [0.25, 0.3) is 11.2 Å². The van der Waals surface area contributed by atoms with Gasteiger partial charge in [-0.05, 0) is 18.4 Å². The highest BCUT2D eigenvalue weighted by Gasteiger charge is 2.31. The first-order valence-corrected chi connectivity index (χ1v) is 9.45. The van der Waals surface area contributed by atoms with Gasteiger partial charge in [0.25, 0.3) is 0 Å². The van der Waals surface area contributed by atoms with Crippen LogP contribution in [-0.4, -0.2) is 50.2 Å². The fourth-order valence-corrected chi connectivity index (χ4v) is 3.74. The van der Waals surface area contributed by atoms with E-state index in [1.165, 1.54) is 5.56 Å². The molecule has 0 bridgehead atoms. The molecule has 2 N–H and O–H groups in total. The molecular formula is C20H24N6O. The molecule has 2 aromatic heterocycles. The van der Waals surface area contributed by atoms with Crippen LogP contribution in [0.1, 0.15) is 30.0 Å². The van der Waals surface area contributed by atoms with Crippen LogP contribution < -0.4 is 5.73 Å².